The highest BCUT2D eigenvalue weighted by molar-refractivity contribution is 5.81. The third-order valence-corrected chi connectivity index (χ3v) is 5.46. The molecule has 33 heavy (non-hydrogen) atoms. The van der Waals surface area contributed by atoms with E-state index < -0.39 is 0 Å². The van der Waals surface area contributed by atoms with Gasteiger partial charge < -0.3 is 13.9 Å². The number of nitrogens with one attached hydrogen (secondary N) is 1. The monoisotopic (exact) mass is 437 g/mol. The number of aryl methyl sites for hydroxylation is 1. The molecule has 0 atom stereocenters. The van der Waals surface area contributed by atoms with Crippen LogP contribution in [0.1, 0.15) is 5.56 Å². The van der Waals surface area contributed by atoms with Gasteiger partial charge in [-0.15, -0.1) is 0 Å². The van der Waals surface area contributed by atoms with Crippen LogP contribution >= 0.6 is 0 Å². The predicted molar refractivity (Wildman–Crippen MR) is 130 cm³/mol. The van der Waals surface area contributed by atoms with Crippen molar-refractivity contribution in [3.05, 3.63) is 89.8 Å². The molecule has 2 heterocycles. The molecule has 5 rings (SSSR count). The number of benzene rings is 3. The molecule has 6 nitrogen and oxygen atoms in total. The average molecular weight is 437 g/mol. The van der Waals surface area contributed by atoms with Crippen LogP contribution in [0.25, 0.3) is 33.2 Å². The fourth-order valence-corrected chi connectivity index (χ4v) is 3.75. The third kappa shape index (κ3) is 4.11. The second kappa shape index (κ2) is 8.67. The minimum absolute atomic E-state index is 0.631. The first-order valence-corrected chi connectivity index (χ1v) is 10.6. The average Bonchev–Trinajstić information content (AvgIpc) is 2.86. The second-order valence-corrected chi connectivity index (χ2v) is 7.68. The molecule has 0 saturated carbocycles. The molecule has 0 fully saturated rings. The maximum atomic E-state index is 6.25. The van der Waals surface area contributed by atoms with Crippen LogP contribution in [0, 0.1) is 6.92 Å². The van der Waals surface area contributed by atoms with Crippen LogP contribution in [0.3, 0.4) is 0 Å². The predicted octanol–water partition coefficient (Wildman–Crippen LogP) is 5.90. The first-order chi connectivity index (χ1) is 16.1. The van der Waals surface area contributed by atoms with E-state index in [4.69, 9.17) is 13.9 Å². The Morgan fingerprint density at radius 1 is 0.848 bits per heavy atom. The van der Waals surface area contributed by atoms with Gasteiger partial charge >= 0.3 is 0 Å². The molecule has 3 aromatic carbocycles. The van der Waals surface area contributed by atoms with Gasteiger partial charge in [-0.3, -0.25) is 5.43 Å². The number of methoxy groups -OCH3 is 2. The number of ether oxygens (including phenoxy) is 2. The Labute approximate surface area is 191 Å². The van der Waals surface area contributed by atoms with Crippen LogP contribution in [0.5, 0.6) is 11.5 Å². The zero-order chi connectivity index (χ0) is 22.8. The Morgan fingerprint density at radius 3 is 2.55 bits per heavy atom. The van der Waals surface area contributed by atoms with Gasteiger partial charge in [0.1, 0.15) is 17.2 Å². The largest absolute Gasteiger partial charge is 0.493 e. The van der Waals surface area contributed by atoms with Gasteiger partial charge in [0.05, 0.1) is 25.1 Å². The fourth-order valence-electron chi connectivity index (χ4n) is 3.75. The van der Waals surface area contributed by atoms with Gasteiger partial charge in [-0.1, -0.05) is 24.3 Å². The van der Waals surface area contributed by atoms with Crippen molar-refractivity contribution in [2.75, 3.05) is 19.6 Å². The van der Waals surface area contributed by atoms with E-state index in [9.17, 15) is 0 Å². The number of para-hydroxylation sites is 1. The minimum Gasteiger partial charge on any atom is -0.493 e. The summed E-state index contributed by atoms with van der Waals surface area (Å²) in [6.45, 7) is 2.03. The van der Waals surface area contributed by atoms with Crippen LogP contribution in [-0.2, 0) is 0 Å². The van der Waals surface area contributed by atoms with Crippen molar-refractivity contribution in [1.82, 2.24) is 4.98 Å². The molecule has 0 unspecified atom stereocenters. The van der Waals surface area contributed by atoms with Crippen LogP contribution < -0.4 is 20.3 Å². The summed E-state index contributed by atoms with van der Waals surface area (Å²) in [7, 11) is 3.23. The minimum atomic E-state index is 0.631. The molecule has 0 radical (unpaired) electrons. The van der Waals surface area contributed by atoms with Crippen molar-refractivity contribution in [1.29, 1.82) is 0 Å². The highest BCUT2D eigenvalue weighted by Crippen LogP contribution is 2.32. The van der Waals surface area contributed by atoms with E-state index in [1.807, 2.05) is 85.8 Å². The van der Waals surface area contributed by atoms with Crippen molar-refractivity contribution < 1.29 is 13.9 Å². The number of fused-ring (bicyclic) bond motifs is 2. The van der Waals surface area contributed by atoms with Crippen LogP contribution in [0.2, 0.25) is 0 Å². The molecule has 5 aromatic rings. The molecular formula is C27H23N3O3. The lowest BCUT2D eigenvalue weighted by molar-refractivity contribution is 0.355. The van der Waals surface area contributed by atoms with Gasteiger partial charge in [0.25, 0.3) is 0 Å². The SMILES string of the molecule is COc1ccc(-c2c/c(=N\Nc3ccc4ccccc4n3)c3ccc(C)cc3o2)cc1OC. The van der Waals surface area contributed by atoms with Gasteiger partial charge in [0, 0.05) is 22.4 Å². The molecule has 0 bridgehead atoms. The number of hydrogen-bond donors (Lipinski definition) is 1. The van der Waals surface area contributed by atoms with Gasteiger partial charge in [-0.25, -0.2) is 4.98 Å². The molecule has 1 N–H and O–H groups in total. The molecule has 6 heteroatoms. The van der Waals surface area contributed by atoms with Crippen molar-refractivity contribution in [3.63, 3.8) is 0 Å². The van der Waals surface area contributed by atoms with Crippen LogP contribution in [0.15, 0.2) is 88.4 Å². The molecular weight excluding hydrogens is 414 g/mol. The van der Waals surface area contributed by atoms with Crippen molar-refractivity contribution in [3.8, 4) is 22.8 Å². The Kier molecular flexibility index (Phi) is 5.40. The van der Waals surface area contributed by atoms with Gasteiger partial charge in [0.15, 0.2) is 11.5 Å². The maximum Gasteiger partial charge on any atom is 0.161 e. The summed E-state index contributed by atoms with van der Waals surface area (Å²) in [4.78, 5) is 4.65. The zero-order valence-corrected chi connectivity index (χ0v) is 18.6. The molecule has 0 saturated heterocycles. The number of hydrogen-bond acceptors (Lipinski definition) is 6. The topological polar surface area (TPSA) is 68.9 Å². The highest BCUT2D eigenvalue weighted by atomic mass is 16.5. The summed E-state index contributed by atoms with van der Waals surface area (Å²) >= 11 is 0. The van der Waals surface area contributed by atoms with Gasteiger partial charge in [-0.2, -0.15) is 5.10 Å². The van der Waals surface area contributed by atoms with E-state index in [2.05, 4.69) is 15.5 Å². The molecule has 0 amide bonds. The Balaban J connectivity index is 1.62. The molecule has 0 aliphatic heterocycles. The maximum absolute atomic E-state index is 6.25. The molecule has 2 aromatic heterocycles. The summed E-state index contributed by atoms with van der Waals surface area (Å²) in [5.74, 6) is 2.63. The molecule has 0 spiro atoms. The quantitative estimate of drug-likeness (QED) is 0.347. The normalized spacial score (nSPS) is 11.7. The first-order valence-electron chi connectivity index (χ1n) is 10.6. The van der Waals surface area contributed by atoms with Gasteiger partial charge in [0.2, 0.25) is 0 Å². The summed E-state index contributed by atoms with van der Waals surface area (Å²) in [6, 6.07) is 25.6. The van der Waals surface area contributed by atoms with Crippen LogP contribution in [-0.4, -0.2) is 19.2 Å². The lowest BCUT2D eigenvalue weighted by atomic mass is 10.1. The van der Waals surface area contributed by atoms with Crippen LogP contribution in [0.4, 0.5) is 5.82 Å². The van der Waals surface area contributed by atoms with E-state index in [1.54, 1.807) is 14.2 Å². The number of aromatic nitrogens is 1. The first kappa shape index (κ1) is 20.6. The zero-order valence-electron chi connectivity index (χ0n) is 18.6. The van der Waals surface area contributed by atoms with Crippen molar-refractivity contribution in [2.45, 2.75) is 6.92 Å². The lowest BCUT2D eigenvalue weighted by Crippen LogP contribution is -2.08. The second-order valence-electron chi connectivity index (χ2n) is 7.68. The Morgan fingerprint density at radius 2 is 1.70 bits per heavy atom. The standard InChI is InChI=1S/C27H23N3O3/c1-17-8-11-20-22(29-30-27-13-10-18-6-4-5-7-21(18)28-27)16-24(33-25(20)14-17)19-9-12-23(31-2)26(15-19)32-3/h4-16H,1-3H3,(H,28,30)/b29-22+. The summed E-state index contributed by atoms with van der Waals surface area (Å²) < 4.78 is 17.1. The number of rotatable bonds is 5. The highest BCUT2D eigenvalue weighted by Gasteiger charge is 2.11. The lowest BCUT2D eigenvalue weighted by Gasteiger charge is -2.10. The summed E-state index contributed by atoms with van der Waals surface area (Å²) in [6.07, 6.45) is 0. The summed E-state index contributed by atoms with van der Waals surface area (Å²) in [5, 5.41) is 7.40. The Hall–Kier alpha value is -4.32. The number of nitrogens with zero attached hydrogens (tertiary/aromatic N) is 2. The fraction of sp³-hybridized carbons (Fsp3) is 0.111. The number of pyridine rings is 1. The molecule has 0 aliphatic rings. The Bertz CT molecular complexity index is 1540. The van der Waals surface area contributed by atoms with Gasteiger partial charge in [-0.05, 0) is 61.0 Å². The van der Waals surface area contributed by atoms with Crippen molar-refractivity contribution >= 4 is 27.7 Å². The van der Waals surface area contributed by atoms with E-state index in [-0.39, 0.29) is 0 Å². The third-order valence-electron chi connectivity index (χ3n) is 5.46. The molecule has 0 aliphatic carbocycles. The summed E-state index contributed by atoms with van der Waals surface area (Å²) in [5.41, 5.74) is 6.72. The van der Waals surface area contributed by atoms with E-state index in [1.165, 1.54) is 0 Å². The van der Waals surface area contributed by atoms with E-state index in [0.717, 1.165) is 38.4 Å². The van der Waals surface area contributed by atoms with Crippen molar-refractivity contribution in [2.24, 2.45) is 5.10 Å². The number of anilines is 1. The van der Waals surface area contributed by atoms with E-state index in [0.29, 0.717) is 23.1 Å². The molecule has 164 valence electrons. The smallest absolute Gasteiger partial charge is 0.161 e. The van der Waals surface area contributed by atoms with E-state index >= 15 is 0 Å².